The molecule has 4 fully saturated rings. The smallest absolute Gasteiger partial charge is 0.307 e. The van der Waals surface area contributed by atoms with Crippen LogP contribution in [0.25, 0.3) is 0 Å². The molecule has 0 spiro atoms. The van der Waals surface area contributed by atoms with Crippen molar-refractivity contribution < 1.29 is 9.90 Å². The highest BCUT2D eigenvalue weighted by Crippen LogP contribution is 2.67. The number of rotatable bonds is 4. The van der Waals surface area contributed by atoms with E-state index in [2.05, 4.69) is 20.8 Å². The first-order valence-electron chi connectivity index (χ1n) is 8.05. The second-order valence-corrected chi connectivity index (χ2v) is 8.65. The van der Waals surface area contributed by atoms with Gasteiger partial charge in [0.15, 0.2) is 0 Å². The van der Waals surface area contributed by atoms with Crippen LogP contribution in [0.1, 0.15) is 65.7 Å². The molecule has 3 atom stereocenters. The van der Waals surface area contributed by atoms with Crippen LogP contribution in [0, 0.1) is 34.5 Å². The molecule has 4 aliphatic carbocycles. The van der Waals surface area contributed by atoms with Crippen LogP contribution in [0.3, 0.4) is 0 Å². The van der Waals surface area contributed by atoms with Crippen LogP contribution in [-0.2, 0) is 4.79 Å². The fourth-order valence-corrected chi connectivity index (χ4v) is 6.29. The molecule has 0 amide bonds. The van der Waals surface area contributed by atoms with Gasteiger partial charge in [0.1, 0.15) is 0 Å². The Morgan fingerprint density at radius 3 is 2.21 bits per heavy atom. The average Bonchev–Trinajstić information content (AvgIpc) is 2.21. The Labute approximate surface area is 117 Å². The average molecular weight is 264 g/mol. The highest BCUT2D eigenvalue weighted by molar-refractivity contribution is 5.71. The Kier molecular flexibility index (Phi) is 3.00. The van der Waals surface area contributed by atoms with Crippen molar-refractivity contribution in [3.63, 3.8) is 0 Å². The van der Waals surface area contributed by atoms with Crippen LogP contribution < -0.4 is 0 Å². The minimum absolute atomic E-state index is 0.0993. The van der Waals surface area contributed by atoms with Crippen LogP contribution in [0.2, 0.25) is 0 Å². The number of aliphatic carboxylic acids is 1. The molecule has 2 nitrogen and oxygen atoms in total. The highest BCUT2D eigenvalue weighted by atomic mass is 16.4. The van der Waals surface area contributed by atoms with Crippen LogP contribution in [0.5, 0.6) is 0 Å². The van der Waals surface area contributed by atoms with Gasteiger partial charge in [-0.05, 0) is 73.5 Å². The van der Waals surface area contributed by atoms with Crippen LogP contribution in [-0.4, -0.2) is 11.1 Å². The largest absolute Gasteiger partial charge is 0.481 e. The fourth-order valence-electron chi connectivity index (χ4n) is 6.29. The van der Waals surface area contributed by atoms with Gasteiger partial charge in [0.2, 0.25) is 0 Å². The molecule has 0 heterocycles. The molecule has 0 aromatic carbocycles. The van der Waals surface area contributed by atoms with E-state index in [1.807, 2.05) is 0 Å². The molecule has 3 unspecified atom stereocenters. The van der Waals surface area contributed by atoms with Gasteiger partial charge in [0.25, 0.3) is 0 Å². The van der Waals surface area contributed by atoms with Crippen molar-refractivity contribution in [2.24, 2.45) is 34.5 Å². The molecule has 4 saturated carbocycles. The third-order valence-electron chi connectivity index (χ3n) is 6.14. The summed E-state index contributed by atoms with van der Waals surface area (Å²) in [5.74, 6) is 1.50. The Balaban J connectivity index is 1.91. The summed E-state index contributed by atoms with van der Waals surface area (Å²) >= 11 is 0. The van der Waals surface area contributed by atoms with Crippen LogP contribution in [0.15, 0.2) is 0 Å². The number of carbonyl (C=O) groups is 1. The van der Waals surface area contributed by atoms with E-state index in [-0.39, 0.29) is 11.3 Å². The topological polar surface area (TPSA) is 37.3 Å². The maximum atomic E-state index is 11.9. The molecule has 2 heteroatoms. The zero-order chi connectivity index (χ0) is 13.8. The summed E-state index contributed by atoms with van der Waals surface area (Å²) in [6.45, 7) is 6.75. The van der Waals surface area contributed by atoms with E-state index in [1.54, 1.807) is 0 Å². The van der Waals surface area contributed by atoms with Gasteiger partial charge in [-0.1, -0.05) is 20.8 Å². The molecule has 0 aromatic rings. The van der Waals surface area contributed by atoms with Crippen molar-refractivity contribution in [2.75, 3.05) is 0 Å². The molecular formula is C17H28O2. The third kappa shape index (κ3) is 2.21. The monoisotopic (exact) mass is 264 g/mol. The van der Waals surface area contributed by atoms with Gasteiger partial charge in [-0.25, -0.2) is 0 Å². The van der Waals surface area contributed by atoms with Crippen molar-refractivity contribution in [2.45, 2.75) is 65.7 Å². The van der Waals surface area contributed by atoms with Crippen molar-refractivity contribution in [1.82, 2.24) is 0 Å². The second-order valence-electron chi connectivity index (χ2n) is 8.65. The first-order valence-corrected chi connectivity index (χ1v) is 8.05. The lowest BCUT2D eigenvalue weighted by atomic mass is 9.42. The molecule has 4 bridgehead atoms. The zero-order valence-electron chi connectivity index (χ0n) is 12.6. The molecule has 4 aliphatic rings. The zero-order valence-corrected chi connectivity index (χ0v) is 12.6. The van der Waals surface area contributed by atoms with Gasteiger partial charge in [0.05, 0.1) is 5.92 Å². The number of carboxylic acids is 1. The Hall–Kier alpha value is -0.530. The SMILES string of the molecule is CC(C)CC(C(=O)O)C12CC3CC(CC(C)(C3)C1)C2. The minimum atomic E-state index is -0.528. The summed E-state index contributed by atoms with van der Waals surface area (Å²) in [6, 6.07) is 0. The molecule has 4 rings (SSSR count). The van der Waals surface area contributed by atoms with E-state index in [0.717, 1.165) is 18.3 Å². The van der Waals surface area contributed by atoms with E-state index in [9.17, 15) is 9.90 Å². The second kappa shape index (κ2) is 4.23. The van der Waals surface area contributed by atoms with Gasteiger partial charge in [0, 0.05) is 0 Å². The lowest BCUT2D eigenvalue weighted by Gasteiger charge is -2.63. The third-order valence-corrected chi connectivity index (χ3v) is 6.14. The Bertz CT molecular complexity index is 371. The predicted octanol–water partition coefficient (Wildman–Crippen LogP) is 4.34. The lowest BCUT2D eigenvalue weighted by Crippen LogP contribution is -2.55. The van der Waals surface area contributed by atoms with Gasteiger partial charge >= 0.3 is 5.97 Å². The van der Waals surface area contributed by atoms with Crippen molar-refractivity contribution in [3.05, 3.63) is 0 Å². The quantitative estimate of drug-likeness (QED) is 0.820. The Morgan fingerprint density at radius 1 is 1.21 bits per heavy atom. The van der Waals surface area contributed by atoms with Crippen molar-refractivity contribution in [3.8, 4) is 0 Å². The standard InChI is InChI=1S/C17H28O2/c1-11(2)4-14(15(18)19)17-8-12-5-13(9-17)7-16(3,6-12)10-17/h11-14H,4-10H2,1-3H3,(H,18,19). The van der Waals surface area contributed by atoms with Crippen molar-refractivity contribution in [1.29, 1.82) is 0 Å². The summed E-state index contributed by atoms with van der Waals surface area (Å²) < 4.78 is 0. The van der Waals surface area contributed by atoms with Gasteiger partial charge in [-0.15, -0.1) is 0 Å². The number of hydrogen-bond acceptors (Lipinski definition) is 1. The van der Waals surface area contributed by atoms with Crippen LogP contribution in [0.4, 0.5) is 0 Å². The molecule has 0 saturated heterocycles. The summed E-state index contributed by atoms with van der Waals surface area (Å²) in [4.78, 5) is 11.9. The number of hydrogen-bond donors (Lipinski definition) is 1. The van der Waals surface area contributed by atoms with E-state index in [0.29, 0.717) is 11.3 Å². The predicted molar refractivity (Wildman–Crippen MR) is 75.8 cm³/mol. The molecule has 0 aliphatic heterocycles. The number of carboxylic acid groups (broad SMARTS) is 1. The molecule has 108 valence electrons. The molecule has 0 radical (unpaired) electrons. The highest BCUT2D eigenvalue weighted by Gasteiger charge is 2.59. The van der Waals surface area contributed by atoms with E-state index in [1.165, 1.54) is 38.5 Å². The molecule has 19 heavy (non-hydrogen) atoms. The van der Waals surface area contributed by atoms with Gasteiger partial charge < -0.3 is 5.11 Å². The van der Waals surface area contributed by atoms with Gasteiger partial charge in [-0.2, -0.15) is 0 Å². The van der Waals surface area contributed by atoms with E-state index >= 15 is 0 Å². The van der Waals surface area contributed by atoms with Crippen LogP contribution >= 0.6 is 0 Å². The first-order chi connectivity index (χ1) is 8.82. The summed E-state index contributed by atoms with van der Waals surface area (Å²) in [7, 11) is 0. The first kappa shape index (κ1) is 13.5. The maximum absolute atomic E-state index is 11.9. The Morgan fingerprint density at radius 2 is 1.79 bits per heavy atom. The maximum Gasteiger partial charge on any atom is 0.307 e. The van der Waals surface area contributed by atoms with E-state index < -0.39 is 5.97 Å². The summed E-state index contributed by atoms with van der Waals surface area (Å²) in [5.41, 5.74) is 0.587. The van der Waals surface area contributed by atoms with Gasteiger partial charge in [-0.3, -0.25) is 4.79 Å². The summed E-state index contributed by atoms with van der Waals surface area (Å²) in [5, 5.41) is 9.77. The molecular weight excluding hydrogens is 236 g/mol. The fraction of sp³-hybridized carbons (Fsp3) is 0.941. The summed E-state index contributed by atoms with van der Waals surface area (Å²) in [6.07, 6.45) is 8.54. The van der Waals surface area contributed by atoms with Crippen molar-refractivity contribution >= 4 is 5.97 Å². The minimum Gasteiger partial charge on any atom is -0.481 e. The normalized spacial score (nSPS) is 45.7. The molecule has 0 aromatic heterocycles. The van der Waals surface area contributed by atoms with E-state index in [4.69, 9.17) is 0 Å². The molecule has 1 N–H and O–H groups in total. The lowest BCUT2D eigenvalue weighted by molar-refractivity contribution is -0.168.